The summed E-state index contributed by atoms with van der Waals surface area (Å²) in [5.74, 6) is -7.89. The lowest BCUT2D eigenvalue weighted by Gasteiger charge is -2.44. The van der Waals surface area contributed by atoms with Gasteiger partial charge in [-0.05, 0) is 110 Å². The number of phenols is 2. The van der Waals surface area contributed by atoms with Crippen molar-refractivity contribution in [1.82, 2.24) is 41.3 Å². The molecule has 4 aromatic carbocycles. The van der Waals surface area contributed by atoms with Crippen molar-refractivity contribution in [1.29, 1.82) is 0 Å². The van der Waals surface area contributed by atoms with Gasteiger partial charge in [0.2, 0.25) is 53.2 Å². The van der Waals surface area contributed by atoms with Crippen molar-refractivity contribution in [3.05, 3.63) is 130 Å². The maximum Gasteiger partial charge on any atom is 0.248 e. The Labute approximate surface area is 487 Å². The molecule has 2 fully saturated rings. The molecule has 2 heterocycles. The van der Waals surface area contributed by atoms with Crippen molar-refractivity contribution in [2.24, 2.45) is 17.2 Å². The number of nitrogens with zero attached hydrogens (tertiary/aromatic N) is 3. The monoisotopic (exact) mass is 1190 g/mol. The number of fused-ring (bicyclic) bond motifs is 2. The molecule has 0 spiro atoms. The van der Waals surface area contributed by atoms with Gasteiger partial charge >= 0.3 is 0 Å². The lowest BCUT2D eigenvalue weighted by atomic mass is 9.92. The first kappa shape index (κ1) is 63.8. The molecule has 10 atom stereocenters. The fourth-order valence-electron chi connectivity index (χ4n) is 9.63. The zero-order chi connectivity index (χ0) is 59.9. The first-order valence-corrected chi connectivity index (χ1v) is 29.1. The second-order valence-electron chi connectivity index (χ2n) is 20.2. The highest BCUT2D eigenvalue weighted by Crippen LogP contribution is 2.37. The van der Waals surface area contributed by atoms with Crippen LogP contribution in [0.15, 0.2) is 97.1 Å². The lowest BCUT2D eigenvalue weighted by Crippen LogP contribution is -2.71. The number of benzene rings is 4. The predicted molar refractivity (Wildman–Crippen MR) is 310 cm³/mol. The average molecular weight is 1190 g/mol. The van der Waals surface area contributed by atoms with Crippen LogP contribution in [-0.2, 0) is 64.0 Å². The Balaban J connectivity index is 1.47. The molecule has 0 aliphatic carbocycles. The summed E-state index contributed by atoms with van der Waals surface area (Å²) in [5, 5.41) is 45.8. The predicted octanol–water partition coefficient (Wildman–Crippen LogP) is -0.119. The molecule has 2 aliphatic heterocycles. The summed E-state index contributed by atoms with van der Waals surface area (Å²) in [6.45, 7) is 0.221. The molecule has 2 aliphatic rings. The third-order valence-electron chi connectivity index (χ3n) is 14.5. The molecule has 440 valence electrons. The second-order valence-corrected chi connectivity index (χ2v) is 23.2. The molecule has 0 saturated carbocycles. The van der Waals surface area contributed by atoms with Crippen molar-refractivity contribution in [2.45, 2.75) is 105 Å². The number of piperidine rings is 1. The third kappa shape index (κ3) is 16.6. The van der Waals surface area contributed by atoms with Gasteiger partial charge in [-0.1, -0.05) is 81.7 Å². The molecule has 82 heavy (non-hydrogen) atoms. The third-order valence-corrected chi connectivity index (χ3v) is 17.6. The number of halogens is 1. The van der Waals surface area contributed by atoms with Gasteiger partial charge in [0.15, 0.2) is 0 Å². The van der Waals surface area contributed by atoms with E-state index in [-0.39, 0.29) is 61.5 Å². The summed E-state index contributed by atoms with van der Waals surface area (Å²) in [6, 6.07) is 13.1. The lowest BCUT2D eigenvalue weighted by molar-refractivity contribution is -0.152. The van der Waals surface area contributed by atoms with Gasteiger partial charge in [-0.25, -0.2) is 0 Å². The van der Waals surface area contributed by atoms with Gasteiger partial charge in [0.05, 0.1) is 17.4 Å². The Bertz CT molecular complexity index is 2930. The summed E-state index contributed by atoms with van der Waals surface area (Å²) in [5.41, 5.74) is 19.6. The first-order chi connectivity index (χ1) is 39.0. The number of amides is 9. The summed E-state index contributed by atoms with van der Waals surface area (Å²) in [7, 11) is 7.21. The Hall–Kier alpha value is -7.42. The number of aromatic hydroxyl groups is 2. The molecule has 2 bridgehead atoms. The van der Waals surface area contributed by atoms with Crippen LogP contribution < -0.4 is 43.8 Å². The fraction of sp³-hybridized carbons (Fsp3) is 0.411. The molecule has 14 N–H and O–H groups in total. The Kier molecular flexibility index (Phi) is 23.0. The van der Waals surface area contributed by atoms with Crippen LogP contribution in [0.4, 0.5) is 0 Å². The molecule has 26 heteroatoms. The minimum atomic E-state index is -1.87. The van der Waals surface area contributed by atoms with Gasteiger partial charge < -0.3 is 73.8 Å². The number of aliphatic hydroxyl groups is 1. The number of hydrogen-bond acceptors (Lipinski definition) is 16. The van der Waals surface area contributed by atoms with Crippen LogP contribution in [0, 0.1) is 0 Å². The second kappa shape index (κ2) is 29.5. The van der Waals surface area contributed by atoms with Crippen molar-refractivity contribution in [3.63, 3.8) is 0 Å². The molecule has 6 rings (SSSR count). The topological polar surface area (TPSA) is 362 Å². The highest BCUT2D eigenvalue weighted by atomic mass is 35.5. The van der Waals surface area contributed by atoms with Crippen LogP contribution in [0.2, 0.25) is 5.02 Å². The Morgan fingerprint density at radius 2 is 1.29 bits per heavy atom. The molecule has 0 radical (unpaired) electrons. The van der Waals surface area contributed by atoms with Crippen LogP contribution in [0.25, 0.3) is 0 Å². The number of carbonyl (C=O) groups is 9. The summed E-state index contributed by atoms with van der Waals surface area (Å²) >= 11 is 6.15. The zero-order valence-electron chi connectivity index (χ0n) is 45.7. The van der Waals surface area contributed by atoms with Crippen molar-refractivity contribution in [3.8, 4) is 11.5 Å². The van der Waals surface area contributed by atoms with Crippen molar-refractivity contribution in [2.75, 3.05) is 40.5 Å². The van der Waals surface area contributed by atoms with E-state index >= 15 is 9.59 Å². The Morgan fingerprint density at radius 3 is 1.88 bits per heavy atom. The van der Waals surface area contributed by atoms with E-state index < -0.39 is 113 Å². The number of phenolic OH excluding ortho intramolecular Hbond substituents is 2. The molecular weight excluding hydrogens is 1120 g/mol. The van der Waals surface area contributed by atoms with E-state index in [1.54, 1.807) is 43.4 Å². The van der Waals surface area contributed by atoms with Crippen molar-refractivity contribution < 1.29 is 58.5 Å². The quantitative estimate of drug-likeness (QED) is 0.0431. The maximum absolute atomic E-state index is 15.3. The number of unbranched alkanes of at least 4 members (excludes halogenated alkanes) is 1. The molecular formula is C56H70ClN11O12S2. The largest absolute Gasteiger partial charge is 0.508 e. The highest BCUT2D eigenvalue weighted by Gasteiger charge is 2.51. The number of primary amides is 2. The zero-order valence-corrected chi connectivity index (χ0v) is 48.0. The minimum Gasteiger partial charge on any atom is -0.508 e. The number of nitrogens with one attached hydrogen (secondary N) is 5. The van der Waals surface area contributed by atoms with E-state index in [0.29, 0.717) is 34.6 Å². The molecule has 4 aromatic rings. The number of likely N-dealkylation sites (N-methyl/N-ethyl adjacent to an activating group) is 4. The average Bonchev–Trinajstić information content (AvgIpc) is 3.07. The van der Waals surface area contributed by atoms with E-state index in [2.05, 4.69) is 26.6 Å². The number of carbonyl (C=O) groups excluding carboxylic acids is 9. The highest BCUT2D eigenvalue weighted by molar-refractivity contribution is 8.77. The van der Waals surface area contributed by atoms with Gasteiger partial charge in [0, 0.05) is 56.7 Å². The van der Waals surface area contributed by atoms with Gasteiger partial charge in [0.1, 0.15) is 53.8 Å². The van der Waals surface area contributed by atoms with Crippen LogP contribution in [0.1, 0.15) is 51.9 Å². The SMILES string of the molecule is CN[C@@H](Cc1ccc(Cl)cc1)C(=O)N[C@@H]1CSSC2[C@@H](C(=O)N(C)[C@H](Cc3ccc(O)cc3)C(N)=O)NC(=O)[C@H]([C@@H]2O)N(C)C(=O)[C@H](CCCCN)NC(=O)[C@@H](Cc2ccc(C(N)=O)cc2)NC(=O)[C@H](Cc2ccc(O)cc2)N(C)C1=O. The number of hydrogen-bond donors (Lipinski definition) is 11. The molecule has 0 aromatic heterocycles. The summed E-state index contributed by atoms with van der Waals surface area (Å²) in [4.78, 5) is 132. The van der Waals surface area contributed by atoms with E-state index in [1.807, 2.05) is 0 Å². The van der Waals surface area contributed by atoms with E-state index in [0.717, 1.165) is 41.9 Å². The number of aliphatic hydroxyl groups excluding tert-OH is 1. The number of rotatable bonds is 19. The molecule has 1 unspecified atom stereocenters. The van der Waals surface area contributed by atoms with Gasteiger partial charge in [0.25, 0.3) is 0 Å². The normalized spacial score (nSPS) is 22.8. The van der Waals surface area contributed by atoms with E-state index in [1.165, 1.54) is 81.8 Å². The van der Waals surface area contributed by atoms with E-state index in [4.69, 9.17) is 28.8 Å². The maximum atomic E-state index is 15.3. The van der Waals surface area contributed by atoms with Crippen LogP contribution in [0.3, 0.4) is 0 Å². The first-order valence-electron chi connectivity index (χ1n) is 26.3. The van der Waals surface area contributed by atoms with Gasteiger partial charge in [-0.2, -0.15) is 0 Å². The smallest absolute Gasteiger partial charge is 0.248 e. The number of nitrogens with two attached hydrogens (primary N) is 3. The summed E-state index contributed by atoms with van der Waals surface area (Å²) < 4.78 is 0. The molecule has 9 amide bonds. The molecule has 2 saturated heterocycles. The van der Waals surface area contributed by atoms with Gasteiger partial charge in [-0.15, -0.1) is 0 Å². The molecule has 23 nitrogen and oxygen atoms in total. The van der Waals surface area contributed by atoms with Crippen LogP contribution in [-0.4, -0.2) is 183 Å². The van der Waals surface area contributed by atoms with Gasteiger partial charge in [-0.3, -0.25) is 43.2 Å². The fourth-order valence-corrected chi connectivity index (χ4v) is 12.7. The van der Waals surface area contributed by atoms with Crippen LogP contribution >= 0.6 is 33.2 Å². The summed E-state index contributed by atoms with van der Waals surface area (Å²) in [6.07, 6.45) is -1.57. The minimum absolute atomic E-state index is 0.0259. The Morgan fingerprint density at radius 1 is 0.732 bits per heavy atom. The van der Waals surface area contributed by atoms with Crippen LogP contribution in [0.5, 0.6) is 11.5 Å². The van der Waals surface area contributed by atoms with Crippen molar-refractivity contribution >= 4 is 86.4 Å². The van der Waals surface area contributed by atoms with E-state index in [9.17, 15) is 48.9 Å². The standard InChI is InChI=1S/C56H70ClN11O12S2/c1-61-39(25-31-10-18-35(57)19-11-31)50(74)64-41-29-81-82-47-44(56(80)66(2)42(49(60)73)27-32-12-20-36(69)21-13-32)65-53(77)45(46(47)71)68(4)54(78)38(7-5-6-24-58)62-51(75)40(26-30-8-16-34(17-9-30)48(59)72)63-52(76)43(67(3)55(41)79)28-33-14-22-37(70)23-15-33/h8-23,38-47,61,69-71H,5-7,24-29,58H2,1-4H3,(H2,59,72)(H2,60,73)(H,62,75)(H,63,76)(H,64,74)(H,65,77)/t38-,39-,40+,41+,42+,43-,44-,45-,46-,47?/m0/s1.